The predicted octanol–water partition coefficient (Wildman–Crippen LogP) is 4.89. The van der Waals surface area contributed by atoms with E-state index in [2.05, 4.69) is 23.8 Å². The number of hydrogen-bond acceptors (Lipinski definition) is 4. The van der Waals surface area contributed by atoms with E-state index >= 15 is 0 Å². The van der Waals surface area contributed by atoms with E-state index in [1.54, 1.807) is 0 Å². The molecule has 0 saturated heterocycles. The van der Waals surface area contributed by atoms with Gasteiger partial charge in [-0.15, -0.1) is 0 Å². The van der Waals surface area contributed by atoms with E-state index in [9.17, 15) is 14.4 Å². The Morgan fingerprint density at radius 3 is 1.70 bits per heavy atom. The van der Waals surface area contributed by atoms with E-state index in [0.717, 1.165) is 25.7 Å². The number of allylic oxidation sites excluding steroid dienone is 2. The van der Waals surface area contributed by atoms with Gasteiger partial charge in [0.05, 0.1) is 0 Å². The lowest BCUT2D eigenvalue weighted by atomic mass is 10.1. The molecular weight excluding hydrogens is 355 g/mol. The highest BCUT2D eigenvalue weighted by Crippen LogP contribution is 2.10. The van der Waals surface area contributed by atoms with Gasteiger partial charge in [0.15, 0.2) is 17.4 Å². The highest BCUT2D eigenvalue weighted by Gasteiger charge is 2.11. The van der Waals surface area contributed by atoms with Gasteiger partial charge in [-0.3, -0.25) is 14.4 Å². The molecule has 0 heterocycles. The molecular formula is C22H41AlO4. The van der Waals surface area contributed by atoms with Crippen molar-refractivity contribution in [3.05, 3.63) is 12.2 Å². The fourth-order valence-corrected chi connectivity index (χ4v) is 2.76. The molecule has 0 atom stereocenters. The molecule has 156 valence electrons. The molecule has 27 heavy (non-hydrogen) atoms. The molecule has 0 fully saturated rings. The first kappa shape index (κ1) is 28.3. The fraction of sp³-hybridized carbons (Fsp3) is 0.773. The highest BCUT2D eigenvalue weighted by atomic mass is 27.0. The SMILES string of the molecule is CCCCCCCCC=CCCCCCCCC(=O)OC(=O)CC(C)=O.[AlH3]. The van der Waals surface area contributed by atoms with E-state index in [1.165, 1.54) is 64.7 Å². The summed E-state index contributed by atoms with van der Waals surface area (Å²) >= 11 is 0. The van der Waals surface area contributed by atoms with E-state index in [0.29, 0.717) is 0 Å². The summed E-state index contributed by atoms with van der Waals surface area (Å²) in [4.78, 5) is 33.3. The predicted molar refractivity (Wildman–Crippen MR) is 116 cm³/mol. The Balaban J connectivity index is 0. The van der Waals surface area contributed by atoms with Gasteiger partial charge in [-0.05, 0) is 39.0 Å². The first-order valence-electron chi connectivity index (χ1n) is 10.4. The van der Waals surface area contributed by atoms with Gasteiger partial charge in [0, 0.05) is 6.42 Å². The summed E-state index contributed by atoms with van der Waals surface area (Å²) in [5.41, 5.74) is 0. The van der Waals surface area contributed by atoms with Crippen molar-refractivity contribution in [1.82, 2.24) is 0 Å². The first-order chi connectivity index (χ1) is 12.6. The third-order valence-corrected chi connectivity index (χ3v) is 4.26. The standard InChI is InChI=1S/C22H38O4.Al.3H/c1-3-4-5-6-7-8-9-10-11-12-13-14-15-16-17-18-21(24)26-22(25)19-20(2)23;;;;/h10-11H,3-9,12-19H2,1-2H3;;;;. The van der Waals surface area contributed by atoms with Crippen LogP contribution in [-0.4, -0.2) is 35.1 Å². The zero-order valence-electron chi connectivity index (χ0n) is 16.9. The average Bonchev–Trinajstić information content (AvgIpc) is 2.57. The van der Waals surface area contributed by atoms with Crippen LogP contribution in [0.3, 0.4) is 0 Å². The number of ketones is 1. The number of esters is 2. The maximum atomic E-state index is 11.4. The number of hydrogen-bond donors (Lipinski definition) is 0. The Bertz CT molecular complexity index is 419. The van der Waals surface area contributed by atoms with Crippen LogP contribution in [0.15, 0.2) is 12.2 Å². The molecule has 0 aromatic rings. The molecule has 0 radical (unpaired) electrons. The molecule has 0 N–H and O–H groups in total. The normalized spacial score (nSPS) is 10.6. The second-order valence-corrected chi connectivity index (χ2v) is 7.06. The molecule has 5 heteroatoms. The number of carbonyl (C=O) groups is 3. The van der Waals surface area contributed by atoms with Gasteiger partial charge < -0.3 is 4.74 Å². The molecule has 0 aromatic heterocycles. The third kappa shape index (κ3) is 23.0. The number of unbranched alkanes of at least 4 members (excludes halogenated alkanes) is 11. The molecule has 0 bridgehead atoms. The van der Waals surface area contributed by atoms with Crippen molar-refractivity contribution in [3.63, 3.8) is 0 Å². The summed E-state index contributed by atoms with van der Waals surface area (Å²) in [6.45, 7) is 3.55. The van der Waals surface area contributed by atoms with Crippen molar-refractivity contribution in [2.45, 2.75) is 110 Å². The van der Waals surface area contributed by atoms with Crippen LogP contribution in [0.5, 0.6) is 0 Å². The molecule has 0 aliphatic carbocycles. The van der Waals surface area contributed by atoms with Crippen LogP contribution in [0.4, 0.5) is 0 Å². The summed E-state index contributed by atoms with van der Waals surface area (Å²) in [5.74, 6) is -1.55. The van der Waals surface area contributed by atoms with Crippen molar-refractivity contribution in [3.8, 4) is 0 Å². The van der Waals surface area contributed by atoms with Gasteiger partial charge in [0.1, 0.15) is 12.2 Å². The van der Waals surface area contributed by atoms with Crippen LogP contribution >= 0.6 is 0 Å². The summed E-state index contributed by atoms with van der Waals surface area (Å²) < 4.78 is 4.57. The molecule has 4 nitrogen and oxygen atoms in total. The highest BCUT2D eigenvalue weighted by molar-refractivity contribution is 5.98. The summed E-state index contributed by atoms with van der Waals surface area (Å²) in [6.07, 6.45) is 20.1. The lowest BCUT2D eigenvalue weighted by Gasteiger charge is -2.02. The molecule has 0 aliphatic rings. The number of rotatable bonds is 17. The monoisotopic (exact) mass is 396 g/mol. The Labute approximate surface area is 176 Å². The van der Waals surface area contributed by atoms with Gasteiger partial charge in [-0.2, -0.15) is 0 Å². The zero-order valence-corrected chi connectivity index (χ0v) is 16.9. The molecule has 0 aromatic carbocycles. The summed E-state index contributed by atoms with van der Waals surface area (Å²) in [7, 11) is 0. The Morgan fingerprint density at radius 2 is 1.19 bits per heavy atom. The van der Waals surface area contributed by atoms with Gasteiger partial charge in [0.2, 0.25) is 0 Å². The second-order valence-electron chi connectivity index (χ2n) is 7.06. The van der Waals surface area contributed by atoms with Crippen molar-refractivity contribution in [2.24, 2.45) is 0 Å². The Hall–Kier alpha value is -0.918. The minimum Gasteiger partial charge on any atom is -0.393 e. The number of ether oxygens (including phenoxy) is 1. The largest absolute Gasteiger partial charge is 0.393 e. The zero-order chi connectivity index (χ0) is 19.5. The second kappa shape index (κ2) is 21.4. The molecule has 0 spiro atoms. The third-order valence-electron chi connectivity index (χ3n) is 4.26. The lowest BCUT2D eigenvalue weighted by molar-refractivity contribution is -0.160. The average molecular weight is 397 g/mol. The van der Waals surface area contributed by atoms with Crippen LogP contribution in [-0.2, 0) is 19.1 Å². The van der Waals surface area contributed by atoms with Crippen molar-refractivity contribution >= 4 is 35.1 Å². The molecule has 0 amide bonds. The van der Waals surface area contributed by atoms with Gasteiger partial charge in [0.25, 0.3) is 0 Å². The molecule has 0 aliphatic heterocycles. The minimum absolute atomic E-state index is 0. The Kier molecular flexibility index (Phi) is 22.4. The van der Waals surface area contributed by atoms with E-state index < -0.39 is 11.9 Å². The van der Waals surface area contributed by atoms with E-state index in [4.69, 9.17) is 0 Å². The smallest absolute Gasteiger partial charge is 0.320 e. The number of carbonyl (C=O) groups excluding carboxylic acids is 3. The van der Waals surface area contributed by atoms with Crippen molar-refractivity contribution < 1.29 is 19.1 Å². The maximum absolute atomic E-state index is 11.4. The minimum atomic E-state index is -0.741. The van der Waals surface area contributed by atoms with Crippen LogP contribution in [0.1, 0.15) is 110 Å². The van der Waals surface area contributed by atoms with Crippen LogP contribution in [0.25, 0.3) is 0 Å². The quantitative estimate of drug-likeness (QED) is 0.115. The van der Waals surface area contributed by atoms with Crippen LogP contribution < -0.4 is 0 Å². The van der Waals surface area contributed by atoms with Gasteiger partial charge in [-0.1, -0.05) is 70.4 Å². The summed E-state index contributed by atoms with van der Waals surface area (Å²) in [5, 5.41) is 0. The topological polar surface area (TPSA) is 60.4 Å². The maximum Gasteiger partial charge on any atom is 0.320 e. The Morgan fingerprint density at radius 1 is 0.704 bits per heavy atom. The fourth-order valence-electron chi connectivity index (χ4n) is 2.76. The van der Waals surface area contributed by atoms with E-state index in [-0.39, 0.29) is 36.0 Å². The first-order valence-corrected chi connectivity index (χ1v) is 10.4. The van der Waals surface area contributed by atoms with Gasteiger partial charge in [-0.25, -0.2) is 0 Å². The van der Waals surface area contributed by atoms with Crippen LogP contribution in [0.2, 0.25) is 0 Å². The van der Waals surface area contributed by atoms with Crippen molar-refractivity contribution in [1.29, 1.82) is 0 Å². The molecule has 0 unspecified atom stereocenters. The lowest BCUT2D eigenvalue weighted by Crippen LogP contribution is -2.14. The van der Waals surface area contributed by atoms with Crippen molar-refractivity contribution in [2.75, 3.05) is 0 Å². The van der Waals surface area contributed by atoms with Gasteiger partial charge >= 0.3 is 11.9 Å². The number of Topliss-reactive ketones (excluding diaryl/α,β-unsaturated/α-hetero) is 1. The molecule has 0 rings (SSSR count). The molecule has 0 saturated carbocycles. The van der Waals surface area contributed by atoms with Crippen LogP contribution in [0, 0.1) is 0 Å². The van der Waals surface area contributed by atoms with E-state index in [1.807, 2.05) is 0 Å². The summed E-state index contributed by atoms with van der Waals surface area (Å²) in [6, 6.07) is 0.